The van der Waals surface area contributed by atoms with E-state index in [0.29, 0.717) is 18.6 Å². The fourth-order valence-corrected chi connectivity index (χ4v) is 4.22. The molecule has 5 rings (SSSR count). The van der Waals surface area contributed by atoms with Crippen LogP contribution in [0.3, 0.4) is 0 Å². The van der Waals surface area contributed by atoms with E-state index in [2.05, 4.69) is 25.1 Å². The first-order chi connectivity index (χ1) is 20.4. The minimum absolute atomic E-state index is 0.00303. The van der Waals surface area contributed by atoms with Crippen molar-refractivity contribution < 1.29 is 40.3 Å². The van der Waals surface area contributed by atoms with E-state index in [4.69, 9.17) is 4.74 Å². The van der Waals surface area contributed by atoms with Gasteiger partial charge in [-0.1, -0.05) is 25.1 Å². The highest BCUT2D eigenvalue weighted by atomic mass is 19.4. The van der Waals surface area contributed by atoms with Gasteiger partial charge in [-0.15, -0.1) is 0 Å². The molecule has 222 valence electrons. The molecule has 1 atom stereocenters. The molecule has 0 saturated carbocycles. The number of rotatable bonds is 7. The Morgan fingerprint density at radius 2 is 1.65 bits per heavy atom. The molecular weight excluding hydrogens is 585 g/mol. The molecule has 43 heavy (non-hydrogen) atoms. The highest BCUT2D eigenvalue weighted by molar-refractivity contribution is 5.78. The number of aromatic nitrogens is 6. The Bertz CT molecular complexity index is 1740. The molecule has 8 nitrogen and oxygen atoms in total. The van der Waals surface area contributed by atoms with Crippen LogP contribution in [-0.4, -0.2) is 42.3 Å². The van der Waals surface area contributed by atoms with Crippen molar-refractivity contribution in [1.29, 1.82) is 0 Å². The van der Waals surface area contributed by atoms with E-state index in [1.54, 1.807) is 13.0 Å². The smallest absolute Gasteiger partial charge is 0.417 e. The molecule has 3 aromatic rings. The SMILES string of the molecule is CCCOC(=O)C(c1ccc(-c2ccc(C(F)(F)F)cc2C(F)(F)F)nn1)n1cnc2nc(-c3ccccc3F)nc-2c1. The fraction of sp³-hybridized carbons (Fsp3) is 0.214. The molecule has 3 heterocycles. The second kappa shape index (κ2) is 11.4. The molecule has 0 N–H and O–H groups in total. The second-order valence-corrected chi connectivity index (χ2v) is 9.23. The number of benzene rings is 2. The number of hydrogen-bond donors (Lipinski definition) is 0. The van der Waals surface area contributed by atoms with Gasteiger partial charge in [0, 0.05) is 11.8 Å². The molecule has 0 spiro atoms. The van der Waals surface area contributed by atoms with E-state index in [1.807, 2.05) is 0 Å². The highest BCUT2D eigenvalue weighted by Crippen LogP contribution is 2.40. The molecular formula is C28H19F7N6O2. The molecule has 2 aliphatic heterocycles. The summed E-state index contributed by atoms with van der Waals surface area (Å²) in [5, 5.41) is 7.72. The summed E-state index contributed by atoms with van der Waals surface area (Å²) in [6, 6.07) is 8.01. The zero-order chi connectivity index (χ0) is 30.9. The summed E-state index contributed by atoms with van der Waals surface area (Å²) in [4.78, 5) is 25.8. The third kappa shape index (κ3) is 6.15. The van der Waals surface area contributed by atoms with Crippen LogP contribution in [0.15, 0.2) is 67.1 Å². The van der Waals surface area contributed by atoms with Gasteiger partial charge in [0.25, 0.3) is 0 Å². The van der Waals surface area contributed by atoms with Crippen molar-refractivity contribution in [2.45, 2.75) is 31.7 Å². The quantitative estimate of drug-likeness (QED) is 0.152. The predicted octanol–water partition coefficient (Wildman–Crippen LogP) is 6.62. The average molecular weight is 604 g/mol. The van der Waals surface area contributed by atoms with Crippen LogP contribution in [0, 0.1) is 5.82 Å². The van der Waals surface area contributed by atoms with E-state index in [1.165, 1.54) is 41.4 Å². The fourth-order valence-electron chi connectivity index (χ4n) is 4.22. The lowest BCUT2D eigenvalue weighted by molar-refractivity contribution is -0.146. The molecule has 0 radical (unpaired) electrons. The van der Waals surface area contributed by atoms with Crippen LogP contribution in [-0.2, 0) is 21.9 Å². The highest BCUT2D eigenvalue weighted by Gasteiger charge is 2.39. The van der Waals surface area contributed by atoms with Gasteiger partial charge in [-0.05, 0) is 42.8 Å². The molecule has 0 amide bonds. The Morgan fingerprint density at radius 1 is 0.884 bits per heavy atom. The minimum Gasteiger partial charge on any atom is -0.464 e. The molecule has 0 fully saturated rings. The van der Waals surface area contributed by atoms with Crippen LogP contribution in [0.5, 0.6) is 0 Å². The minimum atomic E-state index is -5.12. The first kappa shape index (κ1) is 29.5. The van der Waals surface area contributed by atoms with Gasteiger partial charge in [-0.25, -0.2) is 24.1 Å². The molecule has 2 aliphatic rings. The number of ether oxygens (including phenoxy) is 1. The monoisotopic (exact) mass is 604 g/mol. The number of hydrogen-bond acceptors (Lipinski definition) is 7. The van der Waals surface area contributed by atoms with Gasteiger partial charge < -0.3 is 9.30 Å². The normalized spacial score (nSPS) is 12.8. The van der Waals surface area contributed by atoms with Crippen LogP contribution in [0.4, 0.5) is 30.7 Å². The van der Waals surface area contributed by atoms with Gasteiger partial charge in [0.05, 0.1) is 41.0 Å². The van der Waals surface area contributed by atoms with Crippen molar-refractivity contribution in [2.24, 2.45) is 0 Å². The zero-order valence-electron chi connectivity index (χ0n) is 22.0. The van der Waals surface area contributed by atoms with Gasteiger partial charge in [0.1, 0.15) is 11.5 Å². The summed E-state index contributed by atoms with van der Waals surface area (Å²) in [5.74, 6) is -1.14. The molecule has 0 bridgehead atoms. The van der Waals surface area contributed by atoms with Crippen molar-refractivity contribution in [1.82, 2.24) is 29.7 Å². The van der Waals surface area contributed by atoms with Crippen LogP contribution < -0.4 is 0 Å². The Morgan fingerprint density at radius 3 is 2.30 bits per heavy atom. The summed E-state index contributed by atoms with van der Waals surface area (Å²) >= 11 is 0. The van der Waals surface area contributed by atoms with E-state index in [-0.39, 0.29) is 47.0 Å². The van der Waals surface area contributed by atoms with Crippen molar-refractivity contribution in [3.63, 3.8) is 0 Å². The lowest BCUT2D eigenvalue weighted by Gasteiger charge is -2.19. The summed E-state index contributed by atoms with van der Waals surface area (Å²) < 4.78 is 101. The predicted molar refractivity (Wildman–Crippen MR) is 137 cm³/mol. The summed E-state index contributed by atoms with van der Waals surface area (Å²) in [7, 11) is 0. The van der Waals surface area contributed by atoms with E-state index >= 15 is 0 Å². The van der Waals surface area contributed by atoms with Gasteiger partial charge >= 0.3 is 18.3 Å². The van der Waals surface area contributed by atoms with Crippen molar-refractivity contribution in [3.8, 4) is 34.2 Å². The Labute approximate surface area is 238 Å². The number of esters is 1. The van der Waals surface area contributed by atoms with E-state index in [0.717, 1.165) is 6.07 Å². The van der Waals surface area contributed by atoms with Crippen molar-refractivity contribution in [3.05, 3.63) is 89.8 Å². The number of carbonyl (C=O) groups excluding carboxylic acids is 1. The lowest BCUT2D eigenvalue weighted by Crippen LogP contribution is -2.25. The number of nitrogens with zero attached hydrogens (tertiary/aromatic N) is 6. The van der Waals surface area contributed by atoms with Gasteiger partial charge in [-0.3, -0.25) is 0 Å². The second-order valence-electron chi connectivity index (χ2n) is 9.23. The van der Waals surface area contributed by atoms with Crippen molar-refractivity contribution in [2.75, 3.05) is 6.61 Å². The molecule has 15 heteroatoms. The van der Waals surface area contributed by atoms with E-state index < -0.39 is 46.9 Å². The Hall–Kier alpha value is -4.95. The molecule has 2 aromatic carbocycles. The zero-order valence-corrected chi connectivity index (χ0v) is 22.0. The van der Waals surface area contributed by atoms with Crippen LogP contribution in [0.1, 0.15) is 36.2 Å². The third-order valence-corrected chi connectivity index (χ3v) is 6.23. The molecule has 1 aromatic heterocycles. The number of carbonyl (C=O) groups is 1. The summed E-state index contributed by atoms with van der Waals surface area (Å²) in [5.41, 5.74) is -3.77. The van der Waals surface area contributed by atoms with Crippen molar-refractivity contribution >= 4 is 5.97 Å². The van der Waals surface area contributed by atoms with E-state index in [9.17, 15) is 35.5 Å². The summed E-state index contributed by atoms with van der Waals surface area (Å²) in [6.45, 7) is 1.81. The topological polar surface area (TPSA) is 95.7 Å². The van der Waals surface area contributed by atoms with Crippen LogP contribution >= 0.6 is 0 Å². The maximum Gasteiger partial charge on any atom is 0.417 e. The first-order valence-corrected chi connectivity index (χ1v) is 12.6. The van der Waals surface area contributed by atoms with Gasteiger partial charge in [-0.2, -0.15) is 36.5 Å². The molecule has 1 unspecified atom stereocenters. The number of halogens is 7. The standard InChI is InChI=1S/C28H19F7N6O2/c1-2-11-43-26(42)23(41-13-22-25(36-14-41)38-24(37-22)17-5-3-4-6-19(17)29)21-10-9-20(39-40-21)16-8-7-15(27(30,31)32)12-18(16)28(33,34)35/h3-10,12-14,23H,2,11H2,1H3. The molecule has 0 aliphatic carbocycles. The Kier molecular flexibility index (Phi) is 7.82. The van der Waals surface area contributed by atoms with Crippen LogP contribution in [0.25, 0.3) is 34.2 Å². The van der Waals surface area contributed by atoms with Crippen LogP contribution in [0.2, 0.25) is 0 Å². The Balaban J connectivity index is 1.54. The number of imidazole rings is 1. The largest absolute Gasteiger partial charge is 0.464 e. The maximum atomic E-state index is 14.3. The lowest BCUT2D eigenvalue weighted by atomic mass is 10.00. The van der Waals surface area contributed by atoms with Gasteiger partial charge in [0.15, 0.2) is 17.7 Å². The maximum absolute atomic E-state index is 14.3. The number of alkyl halides is 6. The van der Waals surface area contributed by atoms with Gasteiger partial charge in [0.2, 0.25) is 0 Å². The summed E-state index contributed by atoms with van der Waals surface area (Å²) in [6.07, 6.45) is -7.01. The number of fused-ring (bicyclic) bond motifs is 1. The average Bonchev–Trinajstić information content (AvgIpc) is 3.39. The third-order valence-electron chi connectivity index (χ3n) is 6.23. The first-order valence-electron chi connectivity index (χ1n) is 12.6. The molecule has 0 saturated heterocycles.